The van der Waals surface area contributed by atoms with Crippen molar-refractivity contribution in [3.8, 4) is 11.5 Å². The number of ether oxygens (including phenoxy) is 2. The Labute approximate surface area is 176 Å². The zero-order chi connectivity index (χ0) is 21.2. The Balaban J connectivity index is 2.18. The maximum atomic E-state index is 12.7. The number of hydrogen-bond donors (Lipinski definition) is 1. The fourth-order valence-corrected chi connectivity index (χ4v) is 3.05. The van der Waals surface area contributed by atoms with Crippen molar-refractivity contribution in [2.45, 2.75) is 33.3 Å². The van der Waals surface area contributed by atoms with Crippen LogP contribution in [-0.4, -0.2) is 37.0 Å². The molecule has 0 fully saturated rings. The second kappa shape index (κ2) is 11.3. The highest BCUT2D eigenvalue weighted by atomic mass is 35.5. The van der Waals surface area contributed by atoms with Gasteiger partial charge in [-0.3, -0.25) is 10.1 Å². The molecular formula is C22H27ClN2O4. The highest BCUT2D eigenvalue weighted by Crippen LogP contribution is 2.34. The maximum Gasteiger partial charge on any atom is 0.324 e. The van der Waals surface area contributed by atoms with Gasteiger partial charge in [0, 0.05) is 19.2 Å². The minimum atomic E-state index is -0.579. The number of imide groups is 1. The molecule has 0 atom stereocenters. The van der Waals surface area contributed by atoms with Crippen molar-refractivity contribution in [1.29, 1.82) is 0 Å². The second-order valence-electron chi connectivity index (χ2n) is 6.50. The zero-order valence-electron chi connectivity index (χ0n) is 17.0. The third kappa shape index (κ3) is 6.39. The molecule has 0 radical (unpaired) electrons. The van der Waals surface area contributed by atoms with Crippen molar-refractivity contribution in [2.24, 2.45) is 0 Å². The van der Waals surface area contributed by atoms with Crippen LogP contribution in [0, 0.1) is 0 Å². The molecule has 7 heteroatoms. The number of rotatable bonds is 9. The topological polar surface area (TPSA) is 67.9 Å². The summed E-state index contributed by atoms with van der Waals surface area (Å²) in [5.74, 6) is 0.203. The van der Waals surface area contributed by atoms with Crippen LogP contribution in [0.25, 0.3) is 0 Å². The number of hydrogen-bond acceptors (Lipinski definition) is 4. The molecule has 0 unspecified atom stereocenters. The molecule has 3 amide bonds. The van der Waals surface area contributed by atoms with E-state index in [0.717, 1.165) is 18.4 Å². The number of halogens is 1. The molecular weight excluding hydrogens is 392 g/mol. The smallest absolute Gasteiger partial charge is 0.324 e. The monoisotopic (exact) mass is 418 g/mol. The van der Waals surface area contributed by atoms with Gasteiger partial charge in [0.1, 0.15) is 6.61 Å². The summed E-state index contributed by atoms with van der Waals surface area (Å²) in [4.78, 5) is 26.7. The summed E-state index contributed by atoms with van der Waals surface area (Å²) in [7, 11) is 1.50. The van der Waals surface area contributed by atoms with Crippen LogP contribution < -0.4 is 14.8 Å². The molecule has 2 aromatic rings. The Bertz CT molecular complexity index is 821. The Morgan fingerprint density at radius 3 is 2.28 bits per heavy atom. The summed E-state index contributed by atoms with van der Waals surface area (Å²) in [6.45, 7) is 5.42. The Kier molecular flexibility index (Phi) is 8.80. The van der Waals surface area contributed by atoms with Crippen LogP contribution in [0.4, 0.5) is 4.79 Å². The predicted octanol–water partition coefficient (Wildman–Crippen LogP) is 4.90. The lowest BCUT2D eigenvalue weighted by Crippen LogP contribution is -2.43. The van der Waals surface area contributed by atoms with Gasteiger partial charge >= 0.3 is 6.03 Å². The number of carbonyl (C=O) groups is 2. The first-order chi connectivity index (χ1) is 14.0. The van der Waals surface area contributed by atoms with E-state index in [0.29, 0.717) is 31.2 Å². The largest absolute Gasteiger partial charge is 0.493 e. The van der Waals surface area contributed by atoms with E-state index in [4.69, 9.17) is 21.1 Å². The number of methoxy groups -OCH3 is 1. The van der Waals surface area contributed by atoms with Crippen LogP contribution in [0.2, 0.25) is 5.02 Å². The predicted molar refractivity (Wildman–Crippen MR) is 114 cm³/mol. The van der Waals surface area contributed by atoms with Gasteiger partial charge in [-0.05, 0) is 24.5 Å². The molecule has 1 N–H and O–H groups in total. The van der Waals surface area contributed by atoms with E-state index < -0.39 is 11.9 Å². The third-order valence-electron chi connectivity index (χ3n) is 4.23. The van der Waals surface area contributed by atoms with E-state index in [2.05, 4.69) is 5.32 Å². The molecule has 0 heterocycles. The van der Waals surface area contributed by atoms with Gasteiger partial charge in [-0.2, -0.15) is 0 Å². The summed E-state index contributed by atoms with van der Waals surface area (Å²) in [6.07, 6.45) is 1.62. The molecule has 0 aliphatic carbocycles. The average molecular weight is 419 g/mol. The fourth-order valence-electron chi connectivity index (χ4n) is 2.82. The lowest BCUT2D eigenvalue weighted by molar-refractivity contribution is 0.0951. The zero-order valence-corrected chi connectivity index (χ0v) is 17.8. The quantitative estimate of drug-likeness (QED) is 0.628. The molecule has 2 rings (SSSR count). The van der Waals surface area contributed by atoms with Crippen molar-refractivity contribution in [3.05, 3.63) is 58.6 Å². The SMILES string of the molecule is CCCN(CCC)C(=O)NC(=O)c1cc(OCc2ccccc2)c(OC)cc1Cl. The molecule has 0 aliphatic rings. The molecule has 29 heavy (non-hydrogen) atoms. The number of carbonyl (C=O) groups excluding carboxylic acids is 2. The van der Waals surface area contributed by atoms with Gasteiger partial charge in [0.25, 0.3) is 5.91 Å². The summed E-state index contributed by atoms with van der Waals surface area (Å²) < 4.78 is 11.1. The van der Waals surface area contributed by atoms with E-state index in [9.17, 15) is 9.59 Å². The summed E-state index contributed by atoms with van der Waals surface area (Å²) in [5, 5.41) is 2.59. The first-order valence-electron chi connectivity index (χ1n) is 9.64. The van der Waals surface area contributed by atoms with Crippen LogP contribution in [0.3, 0.4) is 0 Å². The van der Waals surface area contributed by atoms with Crippen molar-refractivity contribution < 1.29 is 19.1 Å². The Morgan fingerprint density at radius 2 is 1.69 bits per heavy atom. The van der Waals surface area contributed by atoms with Crippen molar-refractivity contribution in [2.75, 3.05) is 20.2 Å². The number of benzene rings is 2. The second-order valence-corrected chi connectivity index (χ2v) is 6.91. The highest BCUT2D eigenvalue weighted by Gasteiger charge is 2.20. The van der Waals surface area contributed by atoms with Crippen molar-refractivity contribution >= 4 is 23.5 Å². The van der Waals surface area contributed by atoms with Crippen LogP contribution in [0.15, 0.2) is 42.5 Å². The van der Waals surface area contributed by atoms with Crippen molar-refractivity contribution in [1.82, 2.24) is 10.2 Å². The summed E-state index contributed by atoms with van der Waals surface area (Å²) in [6, 6.07) is 12.2. The van der Waals surface area contributed by atoms with Gasteiger partial charge in [-0.1, -0.05) is 55.8 Å². The number of nitrogens with zero attached hydrogens (tertiary/aromatic N) is 1. The standard InChI is InChI=1S/C22H27ClN2O4/c1-4-11-25(12-5-2)22(27)24-21(26)17-13-20(19(28-3)14-18(17)23)29-15-16-9-7-6-8-10-16/h6-10,13-14H,4-5,11-12,15H2,1-3H3,(H,24,26,27). The summed E-state index contributed by atoms with van der Waals surface area (Å²) in [5.41, 5.74) is 1.12. The van der Waals surface area contributed by atoms with Crippen LogP contribution in [0.1, 0.15) is 42.6 Å². The van der Waals surface area contributed by atoms with Crippen LogP contribution >= 0.6 is 11.6 Å². The molecule has 2 aromatic carbocycles. The lowest BCUT2D eigenvalue weighted by Gasteiger charge is -2.21. The Hall–Kier alpha value is -2.73. The average Bonchev–Trinajstić information content (AvgIpc) is 2.72. The van der Waals surface area contributed by atoms with Crippen molar-refractivity contribution in [3.63, 3.8) is 0 Å². The first kappa shape index (κ1) is 22.6. The lowest BCUT2D eigenvalue weighted by atomic mass is 10.1. The van der Waals surface area contributed by atoms with E-state index in [-0.39, 0.29) is 10.6 Å². The molecule has 6 nitrogen and oxygen atoms in total. The molecule has 156 valence electrons. The van der Waals surface area contributed by atoms with E-state index >= 15 is 0 Å². The van der Waals surface area contributed by atoms with Gasteiger partial charge in [0.2, 0.25) is 0 Å². The fraction of sp³-hybridized carbons (Fsp3) is 0.364. The van der Waals surface area contributed by atoms with E-state index in [1.54, 1.807) is 4.90 Å². The molecule has 0 aromatic heterocycles. The third-order valence-corrected chi connectivity index (χ3v) is 4.54. The van der Waals surface area contributed by atoms with Gasteiger partial charge in [0.05, 0.1) is 17.7 Å². The van der Waals surface area contributed by atoms with Crippen LogP contribution in [-0.2, 0) is 6.61 Å². The van der Waals surface area contributed by atoms with Gasteiger partial charge in [0.15, 0.2) is 11.5 Å². The molecule has 0 bridgehead atoms. The maximum absolute atomic E-state index is 12.7. The number of amides is 3. The van der Waals surface area contributed by atoms with E-state index in [1.165, 1.54) is 19.2 Å². The Morgan fingerprint density at radius 1 is 1.03 bits per heavy atom. The van der Waals surface area contributed by atoms with E-state index in [1.807, 2.05) is 44.2 Å². The minimum absolute atomic E-state index is 0.150. The first-order valence-corrected chi connectivity index (χ1v) is 10.0. The van der Waals surface area contributed by atoms with Gasteiger partial charge in [-0.25, -0.2) is 4.79 Å². The molecule has 0 saturated heterocycles. The summed E-state index contributed by atoms with van der Waals surface area (Å²) >= 11 is 6.26. The number of urea groups is 1. The normalized spacial score (nSPS) is 10.3. The highest BCUT2D eigenvalue weighted by molar-refractivity contribution is 6.34. The minimum Gasteiger partial charge on any atom is -0.493 e. The molecule has 0 saturated carbocycles. The molecule has 0 aliphatic heterocycles. The molecule has 0 spiro atoms. The number of nitrogens with one attached hydrogen (secondary N) is 1. The van der Waals surface area contributed by atoms with Gasteiger partial charge < -0.3 is 14.4 Å². The van der Waals surface area contributed by atoms with Gasteiger partial charge in [-0.15, -0.1) is 0 Å². The van der Waals surface area contributed by atoms with Crippen LogP contribution in [0.5, 0.6) is 11.5 Å².